The van der Waals surface area contributed by atoms with E-state index in [9.17, 15) is 10.2 Å². The second-order valence-corrected chi connectivity index (χ2v) is 7.53. The summed E-state index contributed by atoms with van der Waals surface area (Å²) in [6, 6.07) is 14.9. The molecule has 2 rings (SSSR count). The summed E-state index contributed by atoms with van der Waals surface area (Å²) in [5.41, 5.74) is 2.07. The summed E-state index contributed by atoms with van der Waals surface area (Å²) in [6.07, 6.45) is 0. The fourth-order valence-electron chi connectivity index (χ4n) is 2.22. The molecule has 0 amide bonds. The van der Waals surface area contributed by atoms with Gasteiger partial charge in [-0.05, 0) is 34.1 Å². The molecule has 3 heteroatoms. The maximum atomic E-state index is 9.45. The summed E-state index contributed by atoms with van der Waals surface area (Å²) in [6.45, 7) is 12.5. The number of phenolic OH excluding ortho intramolecular Hbond substituents is 2. The van der Waals surface area contributed by atoms with Crippen molar-refractivity contribution in [2.45, 2.75) is 52.4 Å². The number of rotatable bonds is 0. The van der Waals surface area contributed by atoms with Crippen LogP contribution in [0.5, 0.6) is 11.5 Å². The van der Waals surface area contributed by atoms with Crippen molar-refractivity contribution in [2.75, 3.05) is 0 Å². The van der Waals surface area contributed by atoms with E-state index in [0.717, 1.165) is 11.1 Å². The fourth-order valence-corrected chi connectivity index (χ4v) is 2.22. The summed E-state index contributed by atoms with van der Waals surface area (Å²) >= 11 is 0. The Morgan fingerprint density at radius 2 is 0.826 bits per heavy atom. The van der Waals surface area contributed by atoms with Crippen LogP contribution in [0.4, 0.5) is 0 Å². The quantitative estimate of drug-likeness (QED) is 0.587. The smallest absolute Gasteiger partial charge is 0.119 e. The molecule has 2 nitrogen and oxygen atoms in total. The number of phenols is 2. The molecule has 2 aromatic carbocycles. The van der Waals surface area contributed by atoms with E-state index in [1.807, 2.05) is 36.4 Å². The van der Waals surface area contributed by atoms with Gasteiger partial charge in [0.2, 0.25) is 0 Å². The molecule has 2 N–H and O–H groups in total. The van der Waals surface area contributed by atoms with Gasteiger partial charge in [0.25, 0.3) is 0 Å². The Bertz CT molecular complexity index is 552. The van der Waals surface area contributed by atoms with E-state index in [-0.39, 0.29) is 31.9 Å². The molecule has 23 heavy (non-hydrogen) atoms. The summed E-state index contributed by atoms with van der Waals surface area (Å²) in [7, 11) is 0. The average molecular weight is 396 g/mol. The predicted octanol–water partition coefficient (Wildman–Crippen LogP) is 5.38. The molecular formula is C20H28MoO2. The van der Waals surface area contributed by atoms with Crippen molar-refractivity contribution in [3.8, 4) is 11.5 Å². The molecule has 0 aromatic heterocycles. The molecule has 0 saturated carbocycles. The first kappa shape index (κ1) is 21.7. The van der Waals surface area contributed by atoms with Crippen LogP contribution in [0.25, 0.3) is 0 Å². The fraction of sp³-hybridized carbons (Fsp3) is 0.400. The van der Waals surface area contributed by atoms with Gasteiger partial charge in [-0.15, -0.1) is 0 Å². The van der Waals surface area contributed by atoms with Crippen molar-refractivity contribution in [1.29, 1.82) is 0 Å². The molecular weight excluding hydrogens is 368 g/mol. The van der Waals surface area contributed by atoms with Gasteiger partial charge in [-0.1, -0.05) is 77.9 Å². The molecule has 126 valence electrons. The first-order chi connectivity index (χ1) is 10.0. The molecule has 0 saturated heterocycles. The van der Waals surface area contributed by atoms with Crippen LogP contribution in [-0.4, -0.2) is 10.2 Å². The number of hydrogen-bond donors (Lipinski definition) is 2. The number of hydrogen-bond acceptors (Lipinski definition) is 2. The molecule has 0 aliphatic carbocycles. The minimum atomic E-state index is 0. The van der Waals surface area contributed by atoms with E-state index in [1.165, 1.54) is 0 Å². The Balaban J connectivity index is 0.000000403. The maximum Gasteiger partial charge on any atom is 0.119 e. The van der Waals surface area contributed by atoms with Gasteiger partial charge in [-0.25, -0.2) is 0 Å². The van der Waals surface area contributed by atoms with Crippen LogP contribution in [0, 0.1) is 0 Å². The summed E-state index contributed by atoms with van der Waals surface area (Å²) < 4.78 is 0. The number of benzene rings is 2. The van der Waals surface area contributed by atoms with Gasteiger partial charge < -0.3 is 10.2 Å². The minimum Gasteiger partial charge on any atom is -0.508 e. The topological polar surface area (TPSA) is 40.5 Å². The summed E-state index contributed by atoms with van der Waals surface area (Å²) in [4.78, 5) is 0. The molecule has 0 spiro atoms. The third-order valence-electron chi connectivity index (χ3n) is 3.42. The van der Waals surface area contributed by atoms with Crippen molar-refractivity contribution in [3.63, 3.8) is 0 Å². The third kappa shape index (κ3) is 6.79. The molecule has 0 heterocycles. The zero-order valence-electron chi connectivity index (χ0n) is 14.9. The van der Waals surface area contributed by atoms with Crippen molar-refractivity contribution in [2.24, 2.45) is 0 Å². The van der Waals surface area contributed by atoms with Crippen LogP contribution >= 0.6 is 0 Å². The summed E-state index contributed by atoms with van der Waals surface area (Å²) in [5.74, 6) is 0.778. The standard InChI is InChI=1S/2C10H14O.Mo/c2*1-10(2,3)8-6-4-5-7-9(8)11;/h2*4-7,11H,1-3H3;. The van der Waals surface area contributed by atoms with Crippen LogP contribution in [-0.2, 0) is 31.9 Å². The molecule has 0 unspecified atom stereocenters. The predicted molar refractivity (Wildman–Crippen MR) is 93.6 cm³/mol. The monoisotopic (exact) mass is 398 g/mol. The van der Waals surface area contributed by atoms with Crippen molar-refractivity contribution >= 4 is 0 Å². The largest absolute Gasteiger partial charge is 0.508 e. The molecule has 2 aromatic rings. The van der Waals surface area contributed by atoms with E-state index in [0.29, 0.717) is 11.5 Å². The second kappa shape index (κ2) is 8.54. The maximum absolute atomic E-state index is 9.45. The minimum absolute atomic E-state index is 0. The van der Waals surface area contributed by atoms with Gasteiger partial charge in [0.1, 0.15) is 11.5 Å². The second-order valence-electron chi connectivity index (χ2n) is 7.53. The van der Waals surface area contributed by atoms with Crippen molar-refractivity contribution < 1.29 is 31.3 Å². The van der Waals surface area contributed by atoms with Crippen molar-refractivity contribution in [1.82, 2.24) is 0 Å². The van der Waals surface area contributed by atoms with Gasteiger partial charge in [-0.3, -0.25) is 0 Å². The normalized spacial score (nSPS) is 11.0. The number of para-hydroxylation sites is 2. The first-order valence-electron chi connectivity index (χ1n) is 7.60. The van der Waals surface area contributed by atoms with Crippen LogP contribution in [0.2, 0.25) is 0 Å². The van der Waals surface area contributed by atoms with Crippen LogP contribution < -0.4 is 0 Å². The average Bonchev–Trinajstić information content (AvgIpc) is 2.37. The van der Waals surface area contributed by atoms with Crippen LogP contribution in [0.3, 0.4) is 0 Å². The zero-order valence-corrected chi connectivity index (χ0v) is 16.9. The Morgan fingerprint density at radius 1 is 0.565 bits per heavy atom. The van der Waals surface area contributed by atoms with E-state index < -0.39 is 0 Å². The molecule has 0 atom stereocenters. The molecule has 0 aliphatic rings. The van der Waals surface area contributed by atoms with E-state index in [2.05, 4.69) is 41.5 Å². The molecule has 0 fully saturated rings. The summed E-state index contributed by atoms with van der Waals surface area (Å²) in [5, 5.41) is 18.9. The Labute approximate surface area is 154 Å². The molecule has 0 bridgehead atoms. The van der Waals surface area contributed by atoms with E-state index >= 15 is 0 Å². The van der Waals surface area contributed by atoms with Gasteiger partial charge in [-0.2, -0.15) is 0 Å². The van der Waals surface area contributed by atoms with Crippen LogP contribution in [0.1, 0.15) is 52.7 Å². The SMILES string of the molecule is CC(C)(C)c1ccccc1O.CC(C)(C)c1ccccc1O.[Mo]. The van der Waals surface area contributed by atoms with Gasteiger partial charge in [0.05, 0.1) is 0 Å². The zero-order chi connectivity index (χ0) is 17.0. The van der Waals surface area contributed by atoms with Crippen LogP contribution in [0.15, 0.2) is 48.5 Å². The molecule has 0 aliphatic heterocycles. The Kier molecular flexibility index (Phi) is 8.07. The molecule has 0 radical (unpaired) electrons. The van der Waals surface area contributed by atoms with E-state index in [4.69, 9.17) is 0 Å². The van der Waals surface area contributed by atoms with Gasteiger partial charge in [0.15, 0.2) is 0 Å². The van der Waals surface area contributed by atoms with Gasteiger partial charge in [0, 0.05) is 21.1 Å². The Hall–Kier alpha value is -1.27. The van der Waals surface area contributed by atoms with Crippen molar-refractivity contribution in [3.05, 3.63) is 59.7 Å². The third-order valence-corrected chi connectivity index (χ3v) is 3.42. The number of aromatic hydroxyl groups is 2. The Morgan fingerprint density at radius 3 is 1.00 bits per heavy atom. The van der Waals surface area contributed by atoms with E-state index in [1.54, 1.807) is 12.1 Å². The first-order valence-corrected chi connectivity index (χ1v) is 7.60. The van der Waals surface area contributed by atoms with Gasteiger partial charge >= 0.3 is 0 Å².